The third kappa shape index (κ3) is 4.47. The fraction of sp³-hybridized carbons (Fsp3) is 0.290. The van der Waals surface area contributed by atoms with E-state index in [0.717, 1.165) is 22.3 Å². The summed E-state index contributed by atoms with van der Waals surface area (Å²) in [5.41, 5.74) is 6.52. The summed E-state index contributed by atoms with van der Waals surface area (Å²) in [4.78, 5) is 39.9. The molecule has 0 aliphatic carbocycles. The molecule has 9 nitrogen and oxygen atoms in total. The molecule has 2 aliphatic rings. The number of hydrazone groups is 2. The van der Waals surface area contributed by atoms with Crippen LogP contribution >= 0.6 is 0 Å². The molecule has 0 spiro atoms. The van der Waals surface area contributed by atoms with Crippen molar-refractivity contribution in [2.45, 2.75) is 47.5 Å². The second kappa shape index (κ2) is 10.1. The molecule has 5 rings (SSSR count). The van der Waals surface area contributed by atoms with Gasteiger partial charge in [-0.15, -0.1) is 0 Å². The molecule has 2 heterocycles. The summed E-state index contributed by atoms with van der Waals surface area (Å²) in [7, 11) is 0. The van der Waals surface area contributed by atoms with Crippen molar-refractivity contribution in [1.82, 2.24) is 0 Å². The van der Waals surface area contributed by atoms with Crippen molar-refractivity contribution in [3.05, 3.63) is 98.6 Å². The summed E-state index contributed by atoms with van der Waals surface area (Å²) in [5.74, 6) is -3.37. The Morgan fingerprint density at radius 2 is 1.15 bits per heavy atom. The van der Waals surface area contributed by atoms with Crippen LogP contribution in [0.15, 0.2) is 70.9 Å². The Labute approximate surface area is 233 Å². The van der Waals surface area contributed by atoms with Gasteiger partial charge in [-0.25, -0.2) is 10.0 Å². The number of amides is 2. The summed E-state index contributed by atoms with van der Waals surface area (Å²) < 4.78 is 0. The van der Waals surface area contributed by atoms with Crippen molar-refractivity contribution in [3.8, 4) is 0 Å². The SMILES string of the molecule is CC1=NN(c2ccc(C)c(C)c2)C(=O)[C@@H]1C(c1ccccc1[N+](=O)[O-])[C@H]1C(=O)N(c2ccc(C)c(C)c2)N=C1C. The van der Waals surface area contributed by atoms with Gasteiger partial charge in [0.15, 0.2) is 0 Å². The van der Waals surface area contributed by atoms with Crippen LogP contribution in [0.2, 0.25) is 0 Å². The van der Waals surface area contributed by atoms with Crippen molar-refractivity contribution in [1.29, 1.82) is 0 Å². The number of carbonyl (C=O) groups is 2. The van der Waals surface area contributed by atoms with E-state index in [1.165, 1.54) is 16.1 Å². The van der Waals surface area contributed by atoms with E-state index in [9.17, 15) is 19.7 Å². The minimum Gasteiger partial charge on any atom is -0.272 e. The van der Waals surface area contributed by atoms with Crippen LogP contribution in [0.4, 0.5) is 17.1 Å². The highest BCUT2D eigenvalue weighted by atomic mass is 16.6. The van der Waals surface area contributed by atoms with Gasteiger partial charge in [0, 0.05) is 29.0 Å². The number of carbonyl (C=O) groups excluding carboxylic acids is 2. The Balaban J connectivity index is 1.62. The van der Waals surface area contributed by atoms with E-state index < -0.39 is 22.7 Å². The van der Waals surface area contributed by atoms with E-state index in [0.29, 0.717) is 28.4 Å². The zero-order chi connectivity index (χ0) is 28.9. The van der Waals surface area contributed by atoms with E-state index >= 15 is 0 Å². The molecule has 0 unspecified atom stereocenters. The molecule has 0 aromatic heterocycles. The number of aryl methyl sites for hydroxylation is 4. The van der Waals surface area contributed by atoms with Gasteiger partial charge < -0.3 is 0 Å². The van der Waals surface area contributed by atoms with E-state index in [-0.39, 0.29) is 17.5 Å². The smallest absolute Gasteiger partial charge is 0.272 e. The summed E-state index contributed by atoms with van der Waals surface area (Å²) in [6.45, 7) is 11.4. The van der Waals surface area contributed by atoms with Gasteiger partial charge in [0.05, 0.1) is 28.1 Å². The van der Waals surface area contributed by atoms with E-state index in [2.05, 4.69) is 10.2 Å². The summed E-state index contributed by atoms with van der Waals surface area (Å²) in [6, 6.07) is 17.6. The summed E-state index contributed by atoms with van der Waals surface area (Å²) >= 11 is 0. The first kappa shape index (κ1) is 26.9. The molecule has 0 fully saturated rings. The number of anilines is 2. The average Bonchev–Trinajstić information content (AvgIpc) is 3.38. The Morgan fingerprint density at radius 3 is 1.57 bits per heavy atom. The van der Waals surface area contributed by atoms with Crippen LogP contribution in [0, 0.1) is 49.6 Å². The van der Waals surface area contributed by atoms with Crippen LogP contribution in [-0.2, 0) is 9.59 Å². The quantitative estimate of drug-likeness (QED) is 0.284. The van der Waals surface area contributed by atoms with Gasteiger partial charge in [-0.2, -0.15) is 10.2 Å². The van der Waals surface area contributed by atoms with E-state index in [4.69, 9.17) is 0 Å². The fourth-order valence-corrected chi connectivity index (χ4v) is 5.56. The Kier molecular flexibility index (Phi) is 6.83. The van der Waals surface area contributed by atoms with Crippen LogP contribution in [-0.4, -0.2) is 28.2 Å². The van der Waals surface area contributed by atoms with Crippen molar-refractivity contribution < 1.29 is 14.5 Å². The van der Waals surface area contributed by atoms with Crippen LogP contribution in [0.5, 0.6) is 0 Å². The topological polar surface area (TPSA) is 108 Å². The number of rotatable bonds is 6. The van der Waals surface area contributed by atoms with Gasteiger partial charge in [0.1, 0.15) is 0 Å². The first-order valence-electron chi connectivity index (χ1n) is 13.2. The molecule has 0 bridgehead atoms. The minimum atomic E-state index is -0.901. The third-order valence-electron chi connectivity index (χ3n) is 8.05. The van der Waals surface area contributed by atoms with Crippen molar-refractivity contribution in [3.63, 3.8) is 0 Å². The molecular weight excluding hydrogens is 506 g/mol. The number of nitro benzene ring substituents is 1. The van der Waals surface area contributed by atoms with E-state index in [1.54, 1.807) is 32.0 Å². The molecule has 204 valence electrons. The van der Waals surface area contributed by atoms with Crippen LogP contribution in [0.1, 0.15) is 47.6 Å². The van der Waals surface area contributed by atoms with Crippen molar-refractivity contribution in [2.75, 3.05) is 10.0 Å². The van der Waals surface area contributed by atoms with Crippen molar-refractivity contribution in [2.24, 2.45) is 22.0 Å². The number of nitro groups is 1. The average molecular weight is 538 g/mol. The van der Waals surface area contributed by atoms with Gasteiger partial charge in [-0.1, -0.05) is 30.3 Å². The molecule has 2 aliphatic heterocycles. The van der Waals surface area contributed by atoms with Crippen LogP contribution in [0.3, 0.4) is 0 Å². The van der Waals surface area contributed by atoms with Gasteiger partial charge in [0.2, 0.25) is 0 Å². The molecule has 9 heteroatoms. The van der Waals surface area contributed by atoms with E-state index in [1.807, 2.05) is 64.1 Å². The lowest BCUT2D eigenvalue weighted by atomic mass is 9.72. The standard InChI is InChI=1S/C31H31N5O4/c1-17-11-13-23(15-19(17)3)34-30(37)27(21(5)32-34)29(25-9-7-8-10-26(25)36(39)40)28-22(6)33-35(31(28)38)24-14-12-18(2)20(4)16-24/h7-16,27-29H,1-6H3/t27-,28-/m0/s1. The Bertz CT molecular complexity index is 1530. The summed E-state index contributed by atoms with van der Waals surface area (Å²) in [6.07, 6.45) is 0. The highest BCUT2D eigenvalue weighted by molar-refractivity contribution is 6.20. The normalized spacial score (nSPS) is 19.0. The Hall–Kier alpha value is -4.66. The maximum atomic E-state index is 14.1. The molecule has 0 saturated heterocycles. The van der Waals surface area contributed by atoms with Crippen molar-refractivity contribution >= 4 is 40.3 Å². The van der Waals surface area contributed by atoms with Gasteiger partial charge in [0.25, 0.3) is 17.5 Å². The molecule has 2 atom stereocenters. The predicted octanol–water partition coefficient (Wildman–Crippen LogP) is 5.99. The second-order valence-electron chi connectivity index (χ2n) is 10.6. The number of hydrogen-bond acceptors (Lipinski definition) is 6. The maximum absolute atomic E-state index is 14.1. The number of hydrogen-bond donors (Lipinski definition) is 0. The minimum absolute atomic E-state index is 0.150. The van der Waals surface area contributed by atoms with Gasteiger partial charge in [-0.05, 0) is 88.1 Å². The maximum Gasteiger partial charge on any atom is 0.272 e. The molecule has 3 aromatic carbocycles. The first-order chi connectivity index (χ1) is 19.0. The molecule has 40 heavy (non-hydrogen) atoms. The zero-order valence-corrected chi connectivity index (χ0v) is 23.4. The Morgan fingerprint density at radius 1 is 0.700 bits per heavy atom. The molecule has 0 saturated carbocycles. The molecule has 0 radical (unpaired) electrons. The van der Waals surface area contributed by atoms with Crippen LogP contribution < -0.4 is 10.0 Å². The lowest BCUT2D eigenvalue weighted by Gasteiger charge is -2.28. The van der Waals surface area contributed by atoms with Gasteiger partial charge >= 0.3 is 0 Å². The molecule has 0 N–H and O–H groups in total. The lowest BCUT2D eigenvalue weighted by Crippen LogP contribution is -2.40. The number of nitrogens with zero attached hydrogens (tertiary/aromatic N) is 5. The fourth-order valence-electron chi connectivity index (χ4n) is 5.56. The highest BCUT2D eigenvalue weighted by Crippen LogP contribution is 2.45. The first-order valence-corrected chi connectivity index (χ1v) is 13.2. The summed E-state index contributed by atoms with van der Waals surface area (Å²) in [5, 5.41) is 24.0. The molecular formula is C31H31N5O4. The molecule has 3 aromatic rings. The predicted molar refractivity (Wildman–Crippen MR) is 156 cm³/mol. The highest BCUT2D eigenvalue weighted by Gasteiger charge is 2.51. The largest absolute Gasteiger partial charge is 0.272 e. The lowest BCUT2D eigenvalue weighted by molar-refractivity contribution is -0.385. The third-order valence-corrected chi connectivity index (χ3v) is 8.05. The zero-order valence-electron chi connectivity index (χ0n) is 23.4. The monoisotopic (exact) mass is 537 g/mol. The number of benzene rings is 3. The molecule has 2 amide bonds. The van der Waals surface area contributed by atoms with Crippen LogP contribution in [0.25, 0.3) is 0 Å². The van der Waals surface area contributed by atoms with Gasteiger partial charge in [-0.3, -0.25) is 19.7 Å². The second-order valence-corrected chi connectivity index (χ2v) is 10.6. The number of para-hydroxylation sites is 1.